The Morgan fingerprint density at radius 3 is 2.73 bits per heavy atom. The van der Waals surface area contributed by atoms with Crippen molar-refractivity contribution in [1.29, 1.82) is 0 Å². The molecule has 2 aromatic rings. The molecular weight excluding hydrogens is 286 g/mol. The highest BCUT2D eigenvalue weighted by Crippen LogP contribution is 2.33. The summed E-state index contributed by atoms with van der Waals surface area (Å²) in [6.07, 6.45) is 0. The average molecular weight is 292 g/mol. The van der Waals surface area contributed by atoms with Crippen molar-refractivity contribution in [1.82, 2.24) is 5.16 Å². The number of halogens is 3. The van der Waals surface area contributed by atoms with E-state index in [1.165, 1.54) is 12.1 Å². The molecule has 0 fully saturated rings. The minimum absolute atomic E-state index is 0.0577. The van der Waals surface area contributed by atoms with Crippen molar-refractivity contribution in [3.63, 3.8) is 0 Å². The Kier molecular flexibility index (Phi) is 2.67. The molecule has 0 aliphatic rings. The molecule has 2 rings (SSSR count). The highest BCUT2D eigenvalue weighted by Gasteiger charge is 2.14. The van der Waals surface area contributed by atoms with Gasteiger partial charge < -0.3 is 10.3 Å². The number of nitrogens with two attached hydrogens (primary N) is 1. The summed E-state index contributed by atoms with van der Waals surface area (Å²) in [5, 5.41) is 3.60. The lowest BCUT2D eigenvalue weighted by atomic mass is 10.2. The van der Waals surface area contributed by atoms with Gasteiger partial charge in [0.1, 0.15) is 10.3 Å². The normalized spacial score (nSPS) is 10.6. The quantitative estimate of drug-likeness (QED) is 0.875. The molecule has 6 heteroatoms. The van der Waals surface area contributed by atoms with E-state index in [9.17, 15) is 4.39 Å². The Bertz CT molecular complexity index is 515. The van der Waals surface area contributed by atoms with Gasteiger partial charge in [-0.05, 0) is 34.1 Å². The van der Waals surface area contributed by atoms with E-state index in [1.807, 2.05) is 0 Å². The minimum atomic E-state index is -0.518. The Hall–Kier alpha value is -1.07. The number of nitrogens with zero attached hydrogens (tertiary/aromatic N) is 1. The first-order valence-electron chi connectivity index (χ1n) is 3.95. The number of hydrogen-bond donors (Lipinski definition) is 1. The molecule has 78 valence electrons. The summed E-state index contributed by atoms with van der Waals surface area (Å²) in [5.74, 6) is 0.0828. The Labute approximate surface area is 98.1 Å². The summed E-state index contributed by atoms with van der Waals surface area (Å²) < 4.78 is 18.6. The van der Waals surface area contributed by atoms with Gasteiger partial charge in [-0.2, -0.15) is 0 Å². The summed E-state index contributed by atoms with van der Waals surface area (Å²) in [6.45, 7) is 0. The van der Waals surface area contributed by atoms with E-state index < -0.39 is 5.82 Å². The molecule has 1 aromatic heterocycles. The molecule has 1 aromatic carbocycles. The molecule has 15 heavy (non-hydrogen) atoms. The second-order valence-corrected chi connectivity index (χ2v) is 4.04. The fourth-order valence-electron chi connectivity index (χ4n) is 1.11. The minimum Gasteiger partial charge on any atom is -0.380 e. The zero-order valence-electron chi connectivity index (χ0n) is 7.30. The first kappa shape index (κ1) is 10.4. The van der Waals surface area contributed by atoms with Crippen molar-refractivity contribution in [3.05, 3.63) is 33.5 Å². The molecule has 0 radical (unpaired) electrons. The molecule has 0 saturated carbocycles. The molecule has 0 spiro atoms. The number of anilines is 1. The van der Waals surface area contributed by atoms with Crippen LogP contribution < -0.4 is 5.73 Å². The number of aromatic nitrogens is 1. The third-order valence-electron chi connectivity index (χ3n) is 1.84. The zero-order chi connectivity index (χ0) is 11.0. The maximum absolute atomic E-state index is 13.2. The lowest BCUT2D eigenvalue weighted by Gasteiger charge is -1.98. The summed E-state index contributed by atoms with van der Waals surface area (Å²) in [6, 6.07) is 4.32. The van der Waals surface area contributed by atoms with Crippen molar-refractivity contribution in [2.75, 3.05) is 5.73 Å². The van der Waals surface area contributed by atoms with Gasteiger partial charge in [0.05, 0.1) is 5.02 Å². The van der Waals surface area contributed by atoms with Crippen LogP contribution in [0.15, 0.2) is 27.2 Å². The fourth-order valence-corrected chi connectivity index (χ4v) is 1.60. The Balaban J connectivity index is 2.55. The van der Waals surface area contributed by atoms with Crippen molar-refractivity contribution >= 4 is 33.3 Å². The largest absolute Gasteiger partial charge is 0.380 e. The Morgan fingerprint density at radius 2 is 2.20 bits per heavy atom. The molecule has 0 bridgehead atoms. The lowest BCUT2D eigenvalue weighted by molar-refractivity contribution is 0.435. The molecule has 0 unspecified atom stereocenters. The van der Waals surface area contributed by atoms with Gasteiger partial charge in [-0.25, -0.2) is 4.39 Å². The molecule has 0 atom stereocenters. The summed E-state index contributed by atoms with van der Waals surface area (Å²) in [4.78, 5) is 0. The van der Waals surface area contributed by atoms with Crippen molar-refractivity contribution < 1.29 is 8.91 Å². The first-order valence-corrected chi connectivity index (χ1v) is 5.12. The van der Waals surface area contributed by atoms with Crippen LogP contribution in [0, 0.1) is 5.82 Å². The number of rotatable bonds is 1. The van der Waals surface area contributed by atoms with Crippen LogP contribution in [-0.4, -0.2) is 5.16 Å². The summed E-state index contributed by atoms with van der Waals surface area (Å²) in [7, 11) is 0. The molecule has 1 heterocycles. The highest BCUT2D eigenvalue weighted by molar-refractivity contribution is 9.10. The second kappa shape index (κ2) is 3.83. The third-order valence-corrected chi connectivity index (χ3v) is 2.91. The monoisotopic (exact) mass is 290 g/mol. The van der Waals surface area contributed by atoms with Crippen LogP contribution in [0.2, 0.25) is 5.02 Å². The Morgan fingerprint density at radius 1 is 1.47 bits per heavy atom. The number of nitrogen functional groups attached to an aromatic ring is 1. The van der Waals surface area contributed by atoms with Crippen molar-refractivity contribution in [3.8, 4) is 11.3 Å². The van der Waals surface area contributed by atoms with Crippen LogP contribution in [0.5, 0.6) is 0 Å². The topological polar surface area (TPSA) is 52.0 Å². The number of hydrogen-bond acceptors (Lipinski definition) is 3. The van der Waals surface area contributed by atoms with Crippen molar-refractivity contribution in [2.24, 2.45) is 0 Å². The average Bonchev–Trinajstić information content (AvgIpc) is 2.53. The second-order valence-electron chi connectivity index (χ2n) is 2.84. The highest BCUT2D eigenvalue weighted by atomic mass is 79.9. The molecular formula is C9H5BrClFN2O. The smallest absolute Gasteiger partial charge is 0.183 e. The van der Waals surface area contributed by atoms with Gasteiger partial charge in [-0.3, -0.25) is 0 Å². The van der Waals surface area contributed by atoms with Crippen LogP contribution in [0.4, 0.5) is 10.2 Å². The van der Waals surface area contributed by atoms with Gasteiger partial charge >= 0.3 is 0 Å². The van der Waals surface area contributed by atoms with Crippen LogP contribution in [0.25, 0.3) is 11.3 Å². The standard InChI is InChI=1S/C9H5BrClFN2O/c10-7-8(15-14-9(7)13)4-1-2-5(11)6(12)3-4/h1-3H,(H2,13,14). The van der Waals surface area contributed by atoms with Gasteiger partial charge in [-0.1, -0.05) is 16.8 Å². The third kappa shape index (κ3) is 1.85. The molecule has 0 aliphatic heterocycles. The van der Waals surface area contributed by atoms with Crippen LogP contribution >= 0.6 is 27.5 Å². The zero-order valence-corrected chi connectivity index (χ0v) is 9.64. The van der Waals surface area contributed by atoms with Gasteiger partial charge in [0.15, 0.2) is 11.6 Å². The molecule has 2 N–H and O–H groups in total. The van der Waals surface area contributed by atoms with E-state index in [2.05, 4.69) is 21.1 Å². The molecule has 0 saturated heterocycles. The lowest BCUT2D eigenvalue weighted by Crippen LogP contribution is -1.84. The van der Waals surface area contributed by atoms with Crippen LogP contribution in [-0.2, 0) is 0 Å². The van der Waals surface area contributed by atoms with Crippen LogP contribution in [0.1, 0.15) is 0 Å². The predicted octanol–water partition coefficient (Wildman–Crippen LogP) is 3.48. The first-order chi connectivity index (χ1) is 7.09. The fraction of sp³-hybridized carbons (Fsp3) is 0. The van der Waals surface area contributed by atoms with Crippen LogP contribution in [0.3, 0.4) is 0 Å². The summed E-state index contributed by atoms with van der Waals surface area (Å²) in [5.41, 5.74) is 6.00. The van der Waals surface area contributed by atoms with E-state index >= 15 is 0 Å². The number of benzene rings is 1. The maximum atomic E-state index is 13.2. The SMILES string of the molecule is Nc1noc(-c2ccc(Cl)c(F)c2)c1Br. The molecule has 0 amide bonds. The van der Waals surface area contributed by atoms with E-state index in [1.54, 1.807) is 6.07 Å². The van der Waals surface area contributed by atoms with Crippen molar-refractivity contribution in [2.45, 2.75) is 0 Å². The molecule has 0 aliphatic carbocycles. The van der Waals surface area contributed by atoms with Gasteiger partial charge in [0, 0.05) is 5.56 Å². The van der Waals surface area contributed by atoms with E-state index in [4.69, 9.17) is 21.9 Å². The van der Waals surface area contributed by atoms with E-state index in [-0.39, 0.29) is 10.8 Å². The van der Waals surface area contributed by atoms with Gasteiger partial charge in [0.2, 0.25) is 0 Å². The van der Waals surface area contributed by atoms with Gasteiger partial charge in [-0.15, -0.1) is 0 Å². The van der Waals surface area contributed by atoms with E-state index in [0.717, 1.165) is 0 Å². The summed E-state index contributed by atoms with van der Waals surface area (Å²) >= 11 is 8.75. The van der Waals surface area contributed by atoms with E-state index in [0.29, 0.717) is 15.8 Å². The van der Waals surface area contributed by atoms with Gasteiger partial charge in [0.25, 0.3) is 0 Å². The maximum Gasteiger partial charge on any atom is 0.183 e. The predicted molar refractivity (Wildman–Crippen MR) is 59.0 cm³/mol. The molecule has 3 nitrogen and oxygen atoms in total.